The average molecular weight is 279 g/mol. The molecule has 1 N–H and O–H groups in total. The summed E-state index contributed by atoms with van der Waals surface area (Å²) < 4.78 is 0. The van der Waals surface area contributed by atoms with Crippen LogP contribution in [0.25, 0.3) is 0 Å². The van der Waals surface area contributed by atoms with Gasteiger partial charge >= 0.3 is 0 Å². The number of rotatable bonds is 3. The normalized spacial score (nSPS) is 29.6. The molecule has 1 saturated heterocycles. The van der Waals surface area contributed by atoms with E-state index in [2.05, 4.69) is 41.4 Å². The third-order valence-electron chi connectivity index (χ3n) is 4.46. The molecular formula is C15H25N3S. The quantitative estimate of drug-likeness (QED) is 0.922. The predicted molar refractivity (Wildman–Crippen MR) is 80.3 cm³/mol. The SMILES string of the molecule is CC(C)(C)C1CNC(C2CC2)CN1Cc1nccs1. The van der Waals surface area contributed by atoms with Crippen LogP contribution in [0.15, 0.2) is 11.6 Å². The van der Waals surface area contributed by atoms with Gasteiger partial charge in [0, 0.05) is 36.8 Å². The van der Waals surface area contributed by atoms with Crippen molar-refractivity contribution in [2.24, 2.45) is 11.3 Å². The number of aromatic nitrogens is 1. The Balaban J connectivity index is 1.72. The lowest BCUT2D eigenvalue weighted by atomic mass is 9.83. The first-order valence-corrected chi connectivity index (χ1v) is 8.28. The number of hydrogen-bond acceptors (Lipinski definition) is 4. The average Bonchev–Trinajstić information content (AvgIpc) is 3.07. The van der Waals surface area contributed by atoms with Crippen LogP contribution in [0.4, 0.5) is 0 Å². The fraction of sp³-hybridized carbons (Fsp3) is 0.800. The largest absolute Gasteiger partial charge is 0.311 e. The summed E-state index contributed by atoms with van der Waals surface area (Å²) in [6, 6.07) is 1.31. The smallest absolute Gasteiger partial charge is 0.107 e. The summed E-state index contributed by atoms with van der Waals surface area (Å²) in [6.07, 6.45) is 4.76. The number of hydrogen-bond donors (Lipinski definition) is 1. The van der Waals surface area contributed by atoms with Crippen LogP contribution in [0.2, 0.25) is 0 Å². The molecule has 1 saturated carbocycles. The minimum atomic E-state index is 0.318. The second-order valence-electron chi connectivity index (χ2n) is 7.09. The van der Waals surface area contributed by atoms with Crippen molar-refractivity contribution in [3.63, 3.8) is 0 Å². The molecule has 3 rings (SSSR count). The standard InChI is InChI=1S/C15H25N3S/c1-15(2,3)13-8-17-12(11-4-5-11)9-18(13)10-14-16-6-7-19-14/h6-7,11-13,17H,4-5,8-10H2,1-3H3. The van der Waals surface area contributed by atoms with Crippen molar-refractivity contribution >= 4 is 11.3 Å². The lowest BCUT2D eigenvalue weighted by molar-refractivity contribution is 0.0449. The van der Waals surface area contributed by atoms with Gasteiger partial charge in [-0.1, -0.05) is 20.8 Å². The Morgan fingerprint density at radius 3 is 2.79 bits per heavy atom. The van der Waals surface area contributed by atoms with E-state index in [1.54, 1.807) is 11.3 Å². The van der Waals surface area contributed by atoms with Gasteiger partial charge in [-0.05, 0) is 24.2 Å². The topological polar surface area (TPSA) is 28.2 Å². The first-order chi connectivity index (χ1) is 9.04. The monoisotopic (exact) mass is 279 g/mol. The first-order valence-electron chi connectivity index (χ1n) is 7.40. The molecule has 19 heavy (non-hydrogen) atoms. The van der Waals surface area contributed by atoms with Gasteiger partial charge in [-0.2, -0.15) is 0 Å². The summed E-state index contributed by atoms with van der Waals surface area (Å²) in [4.78, 5) is 7.13. The van der Waals surface area contributed by atoms with Gasteiger partial charge in [0.25, 0.3) is 0 Å². The summed E-state index contributed by atoms with van der Waals surface area (Å²) in [7, 11) is 0. The van der Waals surface area contributed by atoms with Crippen molar-refractivity contribution in [3.8, 4) is 0 Å². The maximum absolute atomic E-state index is 4.47. The molecule has 0 amide bonds. The Hall–Kier alpha value is -0.450. The van der Waals surface area contributed by atoms with Crippen LogP contribution in [-0.2, 0) is 6.54 Å². The minimum Gasteiger partial charge on any atom is -0.311 e. The Morgan fingerprint density at radius 1 is 1.42 bits per heavy atom. The number of nitrogens with one attached hydrogen (secondary N) is 1. The number of piperazine rings is 1. The van der Waals surface area contributed by atoms with Crippen LogP contribution in [-0.4, -0.2) is 35.1 Å². The van der Waals surface area contributed by atoms with E-state index >= 15 is 0 Å². The fourth-order valence-corrected chi connectivity index (χ4v) is 3.83. The van der Waals surface area contributed by atoms with Gasteiger partial charge in [-0.3, -0.25) is 4.90 Å². The molecule has 0 spiro atoms. The number of nitrogens with zero attached hydrogens (tertiary/aromatic N) is 2. The lowest BCUT2D eigenvalue weighted by Gasteiger charge is -2.46. The van der Waals surface area contributed by atoms with E-state index in [4.69, 9.17) is 0 Å². The van der Waals surface area contributed by atoms with Gasteiger partial charge in [0.1, 0.15) is 5.01 Å². The third kappa shape index (κ3) is 3.18. The van der Waals surface area contributed by atoms with Crippen molar-refractivity contribution in [2.45, 2.75) is 52.2 Å². The molecule has 0 aromatic carbocycles. The van der Waals surface area contributed by atoms with E-state index in [-0.39, 0.29) is 0 Å². The summed E-state index contributed by atoms with van der Waals surface area (Å²) in [5.74, 6) is 0.930. The van der Waals surface area contributed by atoms with Gasteiger partial charge in [-0.25, -0.2) is 4.98 Å². The van der Waals surface area contributed by atoms with E-state index in [0.29, 0.717) is 17.5 Å². The second-order valence-corrected chi connectivity index (χ2v) is 8.07. The molecule has 0 radical (unpaired) electrons. The molecule has 2 aliphatic rings. The Bertz CT molecular complexity index is 406. The van der Waals surface area contributed by atoms with Gasteiger partial charge in [-0.15, -0.1) is 11.3 Å². The fourth-order valence-electron chi connectivity index (χ4n) is 3.18. The van der Waals surface area contributed by atoms with Crippen LogP contribution in [0.3, 0.4) is 0 Å². The molecule has 2 fully saturated rings. The van der Waals surface area contributed by atoms with Crippen LogP contribution >= 0.6 is 11.3 Å². The van der Waals surface area contributed by atoms with E-state index in [1.807, 2.05) is 6.20 Å². The highest BCUT2D eigenvalue weighted by atomic mass is 32.1. The van der Waals surface area contributed by atoms with Gasteiger partial charge < -0.3 is 5.32 Å². The van der Waals surface area contributed by atoms with Gasteiger partial charge in [0.2, 0.25) is 0 Å². The molecule has 1 aromatic rings. The molecule has 2 atom stereocenters. The zero-order chi connectivity index (χ0) is 13.5. The zero-order valence-electron chi connectivity index (χ0n) is 12.2. The van der Waals surface area contributed by atoms with Crippen molar-refractivity contribution in [3.05, 3.63) is 16.6 Å². The maximum atomic E-state index is 4.47. The highest BCUT2D eigenvalue weighted by Gasteiger charge is 2.40. The molecule has 2 heterocycles. The Kier molecular flexibility index (Phi) is 3.67. The van der Waals surface area contributed by atoms with Crippen LogP contribution < -0.4 is 5.32 Å². The van der Waals surface area contributed by atoms with E-state index in [9.17, 15) is 0 Å². The zero-order valence-corrected chi connectivity index (χ0v) is 13.0. The van der Waals surface area contributed by atoms with E-state index < -0.39 is 0 Å². The summed E-state index contributed by atoms with van der Waals surface area (Å²) >= 11 is 1.78. The third-order valence-corrected chi connectivity index (χ3v) is 5.22. The lowest BCUT2D eigenvalue weighted by Crippen LogP contribution is -2.60. The molecule has 0 bridgehead atoms. The maximum Gasteiger partial charge on any atom is 0.107 e. The Labute approximate surface area is 120 Å². The van der Waals surface area contributed by atoms with Crippen molar-refractivity contribution in [1.29, 1.82) is 0 Å². The summed E-state index contributed by atoms with van der Waals surface area (Å²) in [5.41, 5.74) is 0.318. The van der Waals surface area contributed by atoms with Crippen molar-refractivity contribution in [1.82, 2.24) is 15.2 Å². The van der Waals surface area contributed by atoms with E-state index in [0.717, 1.165) is 19.0 Å². The van der Waals surface area contributed by atoms with Crippen molar-refractivity contribution < 1.29 is 0 Å². The minimum absolute atomic E-state index is 0.318. The molecule has 1 aromatic heterocycles. The van der Waals surface area contributed by atoms with Crippen LogP contribution in [0.5, 0.6) is 0 Å². The molecule has 4 heteroatoms. The molecule has 3 nitrogen and oxygen atoms in total. The number of thiazole rings is 1. The van der Waals surface area contributed by atoms with Gasteiger partial charge in [0.15, 0.2) is 0 Å². The first kappa shape index (κ1) is 13.5. The van der Waals surface area contributed by atoms with E-state index in [1.165, 1.54) is 24.4 Å². The molecule has 106 valence electrons. The van der Waals surface area contributed by atoms with Crippen molar-refractivity contribution in [2.75, 3.05) is 13.1 Å². The van der Waals surface area contributed by atoms with Gasteiger partial charge in [0.05, 0.1) is 6.54 Å². The van der Waals surface area contributed by atoms with Crippen LogP contribution in [0.1, 0.15) is 38.6 Å². The van der Waals surface area contributed by atoms with Crippen LogP contribution in [0, 0.1) is 11.3 Å². The Morgan fingerprint density at radius 2 is 2.21 bits per heavy atom. The molecular weight excluding hydrogens is 254 g/mol. The summed E-state index contributed by atoms with van der Waals surface area (Å²) in [5, 5.41) is 7.13. The highest BCUT2D eigenvalue weighted by Crippen LogP contribution is 2.36. The second kappa shape index (κ2) is 5.15. The molecule has 1 aliphatic carbocycles. The summed E-state index contributed by atoms with van der Waals surface area (Å²) in [6.45, 7) is 10.4. The molecule has 2 unspecified atom stereocenters. The predicted octanol–water partition coefficient (Wildman–Crippen LogP) is 2.74. The highest BCUT2D eigenvalue weighted by molar-refractivity contribution is 7.09. The molecule has 1 aliphatic heterocycles.